The van der Waals surface area contributed by atoms with Crippen LogP contribution in [0.1, 0.15) is 25.5 Å². The highest BCUT2D eigenvalue weighted by molar-refractivity contribution is 5.31. The second kappa shape index (κ2) is 4.43. The van der Waals surface area contributed by atoms with Crippen molar-refractivity contribution in [2.24, 2.45) is 0 Å². The first-order valence-electron chi connectivity index (χ1n) is 5.74. The molecule has 0 aliphatic carbocycles. The summed E-state index contributed by atoms with van der Waals surface area (Å²) in [6, 6.07) is 0. The van der Waals surface area contributed by atoms with Gasteiger partial charge in [0.2, 0.25) is 0 Å². The van der Waals surface area contributed by atoms with Crippen molar-refractivity contribution >= 4 is 0 Å². The highest BCUT2D eigenvalue weighted by Gasteiger charge is 2.37. The van der Waals surface area contributed by atoms with Crippen LogP contribution in [0.4, 0.5) is 0 Å². The number of aromatic nitrogens is 2. The van der Waals surface area contributed by atoms with Crippen LogP contribution in [-0.2, 0) is 12.1 Å². The Kier molecular flexibility index (Phi) is 3.16. The van der Waals surface area contributed by atoms with Crippen molar-refractivity contribution in [3.8, 4) is 5.75 Å². The molecule has 0 spiro atoms. The minimum absolute atomic E-state index is 0.565. The summed E-state index contributed by atoms with van der Waals surface area (Å²) in [4.78, 5) is 0. The van der Waals surface area contributed by atoms with Gasteiger partial charge in [-0.15, -0.1) is 0 Å². The molecular weight excluding hydrogens is 206 g/mol. The zero-order valence-corrected chi connectivity index (χ0v) is 9.86. The molecule has 16 heavy (non-hydrogen) atoms. The topological polar surface area (TPSA) is 59.3 Å². The lowest BCUT2D eigenvalue weighted by Gasteiger charge is -2.33. The number of rotatable bonds is 3. The average molecular weight is 225 g/mol. The molecule has 90 valence electrons. The zero-order chi connectivity index (χ0) is 11.6. The number of nitrogens with one attached hydrogen (secondary N) is 1. The molecule has 1 aliphatic rings. The third kappa shape index (κ3) is 1.81. The van der Waals surface area contributed by atoms with Crippen molar-refractivity contribution in [1.29, 1.82) is 0 Å². The Morgan fingerprint density at radius 2 is 2.50 bits per heavy atom. The maximum Gasteiger partial charge on any atom is 0.162 e. The Morgan fingerprint density at radius 3 is 3.06 bits per heavy atom. The van der Waals surface area contributed by atoms with Crippen LogP contribution in [0.15, 0.2) is 6.20 Å². The Hall–Kier alpha value is -1.07. The quantitative estimate of drug-likeness (QED) is 0.785. The number of ether oxygens (including phenoxy) is 1. The number of hydrogen-bond donors (Lipinski definition) is 2. The lowest BCUT2D eigenvalue weighted by atomic mass is 9.90. The highest BCUT2D eigenvalue weighted by Crippen LogP contribution is 2.34. The summed E-state index contributed by atoms with van der Waals surface area (Å²) in [7, 11) is 1.61. The van der Waals surface area contributed by atoms with Crippen LogP contribution in [0.2, 0.25) is 0 Å². The highest BCUT2D eigenvalue weighted by atomic mass is 16.5. The molecule has 0 radical (unpaired) electrons. The summed E-state index contributed by atoms with van der Waals surface area (Å²) in [6.45, 7) is 4.27. The number of aliphatic hydroxyl groups is 1. The Bertz CT molecular complexity index is 335. The molecule has 2 rings (SSSR count). The second-order valence-electron chi connectivity index (χ2n) is 4.19. The average Bonchev–Trinajstić information content (AvgIpc) is 2.73. The maximum absolute atomic E-state index is 10.7. The van der Waals surface area contributed by atoms with Crippen LogP contribution >= 0.6 is 0 Å². The van der Waals surface area contributed by atoms with Crippen LogP contribution < -0.4 is 10.1 Å². The first-order valence-corrected chi connectivity index (χ1v) is 5.74. The van der Waals surface area contributed by atoms with Gasteiger partial charge in [0.05, 0.1) is 13.3 Å². The number of methoxy groups -OCH3 is 1. The number of piperidine rings is 1. The van der Waals surface area contributed by atoms with E-state index in [4.69, 9.17) is 4.74 Å². The van der Waals surface area contributed by atoms with Crippen molar-refractivity contribution in [2.45, 2.75) is 31.9 Å². The van der Waals surface area contributed by atoms with Gasteiger partial charge in [-0.1, -0.05) is 0 Å². The molecule has 0 aromatic carbocycles. The third-order valence-corrected chi connectivity index (χ3v) is 3.13. The molecule has 1 aromatic heterocycles. The summed E-state index contributed by atoms with van der Waals surface area (Å²) in [6.07, 6.45) is 3.39. The van der Waals surface area contributed by atoms with Gasteiger partial charge in [0.1, 0.15) is 11.3 Å². The minimum atomic E-state index is -0.851. The Morgan fingerprint density at radius 1 is 1.69 bits per heavy atom. The van der Waals surface area contributed by atoms with Gasteiger partial charge in [-0.2, -0.15) is 5.10 Å². The number of nitrogens with zero attached hydrogens (tertiary/aromatic N) is 2. The lowest BCUT2D eigenvalue weighted by Crippen LogP contribution is -2.44. The van der Waals surface area contributed by atoms with Gasteiger partial charge < -0.3 is 15.2 Å². The summed E-state index contributed by atoms with van der Waals surface area (Å²) in [5.74, 6) is 0.674. The summed E-state index contributed by atoms with van der Waals surface area (Å²) in [5.41, 5.74) is -0.0551. The van der Waals surface area contributed by atoms with E-state index in [2.05, 4.69) is 10.4 Å². The fourth-order valence-electron chi connectivity index (χ4n) is 2.32. The zero-order valence-electron chi connectivity index (χ0n) is 9.86. The Balaban J connectivity index is 2.39. The predicted octanol–water partition coefficient (Wildman–Crippen LogP) is 0.483. The summed E-state index contributed by atoms with van der Waals surface area (Å²) in [5, 5.41) is 18.1. The molecule has 5 heteroatoms. The van der Waals surface area contributed by atoms with E-state index in [1.807, 2.05) is 11.6 Å². The second-order valence-corrected chi connectivity index (χ2v) is 4.19. The van der Waals surface area contributed by atoms with Crippen molar-refractivity contribution < 1.29 is 9.84 Å². The maximum atomic E-state index is 10.7. The van der Waals surface area contributed by atoms with E-state index in [-0.39, 0.29) is 0 Å². The largest absolute Gasteiger partial charge is 0.493 e. The van der Waals surface area contributed by atoms with Gasteiger partial charge >= 0.3 is 0 Å². The fourth-order valence-corrected chi connectivity index (χ4v) is 2.32. The minimum Gasteiger partial charge on any atom is -0.493 e. The standard InChI is InChI=1S/C11H19N3O2/c1-3-14-10(9(16-2)7-13-14)11(15)5-4-6-12-8-11/h7,12,15H,3-6,8H2,1-2H3. The van der Waals surface area contributed by atoms with Gasteiger partial charge in [-0.05, 0) is 26.3 Å². The van der Waals surface area contributed by atoms with E-state index >= 15 is 0 Å². The molecule has 0 saturated carbocycles. The van der Waals surface area contributed by atoms with Gasteiger partial charge in [0.25, 0.3) is 0 Å². The first kappa shape index (κ1) is 11.4. The molecule has 5 nitrogen and oxygen atoms in total. The summed E-state index contributed by atoms with van der Waals surface area (Å²) >= 11 is 0. The normalized spacial score (nSPS) is 25.7. The van der Waals surface area contributed by atoms with Crippen LogP contribution in [0.25, 0.3) is 0 Å². The van der Waals surface area contributed by atoms with Crippen molar-refractivity contribution in [2.75, 3.05) is 20.2 Å². The molecule has 2 N–H and O–H groups in total. The summed E-state index contributed by atoms with van der Waals surface area (Å²) < 4.78 is 7.09. The van der Waals surface area contributed by atoms with Crippen LogP contribution in [0.5, 0.6) is 5.75 Å². The van der Waals surface area contributed by atoms with Crippen LogP contribution in [0, 0.1) is 0 Å². The van der Waals surface area contributed by atoms with Crippen molar-refractivity contribution in [3.63, 3.8) is 0 Å². The molecular formula is C11H19N3O2. The molecule has 0 amide bonds. The molecule has 1 unspecified atom stereocenters. The lowest BCUT2D eigenvalue weighted by molar-refractivity contribution is 0.00205. The predicted molar refractivity (Wildman–Crippen MR) is 60.5 cm³/mol. The molecule has 1 atom stereocenters. The SMILES string of the molecule is CCn1ncc(OC)c1C1(O)CCCNC1. The molecule has 0 bridgehead atoms. The van der Waals surface area contributed by atoms with Crippen molar-refractivity contribution in [3.05, 3.63) is 11.9 Å². The van der Waals surface area contributed by atoms with Crippen LogP contribution in [0.3, 0.4) is 0 Å². The van der Waals surface area contributed by atoms with Gasteiger partial charge in [0.15, 0.2) is 5.75 Å². The van der Waals surface area contributed by atoms with E-state index in [1.54, 1.807) is 13.3 Å². The molecule has 1 aromatic rings. The van der Waals surface area contributed by atoms with Gasteiger partial charge in [-0.3, -0.25) is 4.68 Å². The fraction of sp³-hybridized carbons (Fsp3) is 0.727. The van der Waals surface area contributed by atoms with Crippen molar-refractivity contribution in [1.82, 2.24) is 15.1 Å². The number of hydrogen-bond acceptors (Lipinski definition) is 4. The first-order chi connectivity index (χ1) is 7.71. The number of aryl methyl sites for hydroxylation is 1. The monoisotopic (exact) mass is 225 g/mol. The van der Waals surface area contributed by atoms with E-state index in [0.717, 1.165) is 31.6 Å². The molecule has 1 fully saturated rings. The third-order valence-electron chi connectivity index (χ3n) is 3.13. The molecule has 2 heterocycles. The van der Waals surface area contributed by atoms with E-state index in [1.165, 1.54) is 0 Å². The Labute approximate surface area is 95.4 Å². The molecule has 1 aliphatic heterocycles. The van der Waals surface area contributed by atoms with Gasteiger partial charge in [-0.25, -0.2) is 0 Å². The molecule has 1 saturated heterocycles. The number of β-amino-alcohol motifs (C(OH)–C–C–N with tert-alkyl or cyclic N) is 1. The van der Waals surface area contributed by atoms with Gasteiger partial charge in [0, 0.05) is 13.1 Å². The van der Waals surface area contributed by atoms with E-state index < -0.39 is 5.60 Å². The smallest absolute Gasteiger partial charge is 0.162 e. The van der Waals surface area contributed by atoms with Crippen LogP contribution in [-0.4, -0.2) is 35.1 Å². The van der Waals surface area contributed by atoms with E-state index in [0.29, 0.717) is 12.3 Å². The van der Waals surface area contributed by atoms with E-state index in [9.17, 15) is 5.11 Å².